The van der Waals surface area contributed by atoms with Crippen molar-refractivity contribution in [2.45, 2.75) is 49.1 Å². The molecule has 0 aliphatic heterocycles. The largest absolute Gasteiger partial charge is 0.392 e. The average Bonchev–Trinajstić information content (AvgIpc) is 2.97. The molecule has 86 valence electrons. The van der Waals surface area contributed by atoms with Crippen LogP contribution >= 0.6 is 11.8 Å². The molecule has 2 nitrogen and oxygen atoms in total. The fourth-order valence-corrected chi connectivity index (χ4v) is 4.48. The van der Waals surface area contributed by atoms with Gasteiger partial charge in [-0.3, -0.25) is 0 Å². The fourth-order valence-electron chi connectivity index (χ4n) is 3.58. The second kappa shape index (κ2) is 3.64. The maximum atomic E-state index is 10.1. The molecule has 0 aromatic heterocycles. The summed E-state index contributed by atoms with van der Waals surface area (Å²) in [5.41, 5.74) is 0. The van der Waals surface area contributed by atoms with Gasteiger partial charge >= 0.3 is 0 Å². The van der Waals surface area contributed by atoms with Crippen LogP contribution in [0.4, 0.5) is 0 Å². The Morgan fingerprint density at radius 2 is 1.93 bits per heavy atom. The predicted octanol–water partition coefficient (Wildman–Crippen LogP) is 1.58. The molecule has 3 saturated carbocycles. The highest BCUT2D eigenvalue weighted by molar-refractivity contribution is 7.99. The number of aliphatic hydroxyl groups excluding tert-OH is 1. The van der Waals surface area contributed by atoms with Crippen molar-refractivity contribution < 1.29 is 5.11 Å². The van der Waals surface area contributed by atoms with Gasteiger partial charge in [0.15, 0.2) is 0 Å². The van der Waals surface area contributed by atoms with E-state index in [9.17, 15) is 5.11 Å². The van der Waals surface area contributed by atoms with Gasteiger partial charge in [-0.2, -0.15) is 11.8 Å². The van der Waals surface area contributed by atoms with Gasteiger partial charge in [-0.15, -0.1) is 0 Å². The Morgan fingerprint density at radius 3 is 2.53 bits per heavy atom. The number of thioether (sulfide) groups is 1. The lowest BCUT2D eigenvalue weighted by Crippen LogP contribution is -2.52. The van der Waals surface area contributed by atoms with Gasteiger partial charge in [0.2, 0.25) is 0 Å². The number of fused-ring (bicyclic) bond motifs is 1. The van der Waals surface area contributed by atoms with Gasteiger partial charge in [-0.05, 0) is 50.8 Å². The minimum atomic E-state index is -0.0196. The van der Waals surface area contributed by atoms with Crippen molar-refractivity contribution in [1.29, 1.82) is 0 Å². The molecule has 1 N–H and O–H groups in total. The number of nitrogens with zero attached hydrogens (tertiary/aromatic N) is 1. The Balaban J connectivity index is 1.63. The summed E-state index contributed by atoms with van der Waals surface area (Å²) in [6, 6.07) is 1.66. The third-order valence-corrected chi connectivity index (χ3v) is 5.91. The summed E-state index contributed by atoms with van der Waals surface area (Å²) in [5.74, 6) is 1.41. The standard InChI is InChI=1S/C12H21NOS/c1-13(7-3-4-7)10-5-9-8(10)6-11(15-2)12(9)14/h7-12,14H,3-6H2,1-2H3/t8-,9-,10?,11+,12+/m0/s1. The molecule has 15 heavy (non-hydrogen) atoms. The summed E-state index contributed by atoms with van der Waals surface area (Å²) in [4.78, 5) is 2.59. The summed E-state index contributed by atoms with van der Waals surface area (Å²) in [5, 5.41) is 10.6. The maximum absolute atomic E-state index is 10.1. The predicted molar refractivity (Wildman–Crippen MR) is 64.1 cm³/mol. The number of rotatable bonds is 3. The molecule has 3 aliphatic carbocycles. The van der Waals surface area contributed by atoms with E-state index < -0.39 is 0 Å². The number of aliphatic hydroxyl groups is 1. The quantitative estimate of drug-likeness (QED) is 0.792. The molecule has 0 amide bonds. The van der Waals surface area contributed by atoms with Crippen molar-refractivity contribution in [3.8, 4) is 0 Å². The molecule has 0 spiro atoms. The van der Waals surface area contributed by atoms with E-state index in [0.29, 0.717) is 11.2 Å². The molecule has 0 heterocycles. The van der Waals surface area contributed by atoms with Crippen molar-refractivity contribution in [1.82, 2.24) is 4.90 Å². The van der Waals surface area contributed by atoms with Crippen molar-refractivity contribution in [2.24, 2.45) is 11.8 Å². The molecule has 1 unspecified atom stereocenters. The van der Waals surface area contributed by atoms with Crippen molar-refractivity contribution in [3.05, 3.63) is 0 Å². The molecular weight excluding hydrogens is 206 g/mol. The van der Waals surface area contributed by atoms with Crippen molar-refractivity contribution in [3.63, 3.8) is 0 Å². The minimum Gasteiger partial charge on any atom is -0.392 e. The van der Waals surface area contributed by atoms with Crippen LogP contribution in [0.5, 0.6) is 0 Å². The molecule has 0 saturated heterocycles. The highest BCUT2D eigenvalue weighted by Gasteiger charge is 2.55. The van der Waals surface area contributed by atoms with E-state index in [0.717, 1.165) is 18.0 Å². The summed E-state index contributed by atoms with van der Waals surface area (Å²) >= 11 is 1.86. The van der Waals surface area contributed by atoms with E-state index >= 15 is 0 Å². The third kappa shape index (κ3) is 1.55. The monoisotopic (exact) mass is 227 g/mol. The Morgan fingerprint density at radius 1 is 1.20 bits per heavy atom. The van der Waals surface area contributed by atoms with Gasteiger partial charge in [-0.25, -0.2) is 0 Å². The highest BCUT2D eigenvalue weighted by Crippen LogP contribution is 2.53. The van der Waals surface area contributed by atoms with Crippen LogP contribution in [-0.2, 0) is 0 Å². The zero-order valence-electron chi connectivity index (χ0n) is 9.60. The first-order chi connectivity index (χ1) is 7.22. The van der Waals surface area contributed by atoms with Gasteiger partial charge < -0.3 is 10.0 Å². The van der Waals surface area contributed by atoms with Crippen molar-refractivity contribution >= 4 is 11.8 Å². The van der Waals surface area contributed by atoms with E-state index in [1.807, 2.05) is 11.8 Å². The van der Waals surface area contributed by atoms with Gasteiger partial charge in [-0.1, -0.05) is 0 Å². The van der Waals surface area contributed by atoms with Gasteiger partial charge in [0.25, 0.3) is 0 Å². The number of hydrogen-bond donors (Lipinski definition) is 1. The van der Waals surface area contributed by atoms with E-state index in [1.54, 1.807) is 0 Å². The van der Waals surface area contributed by atoms with Crippen molar-refractivity contribution in [2.75, 3.05) is 13.3 Å². The second-order valence-corrected chi connectivity index (χ2v) is 6.60. The Hall–Kier alpha value is 0.270. The molecule has 3 fully saturated rings. The molecule has 0 aromatic carbocycles. The summed E-state index contributed by atoms with van der Waals surface area (Å²) < 4.78 is 0. The Bertz CT molecular complexity index is 256. The topological polar surface area (TPSA) is 23.5 Å². The van der Waals surface area contributed by atoms with E-state index in [2.05, 4.69) is 18.2 Å². The first kappa shape index (κ1) is 10.4. The lowest BCUT2D eigenvalue weighted by molar-refractivity contribution is -0.0141. The first-order valence-corrected chi connectivity index (χ1v) is 7.44. The van der Waals surface area contributed by atoms with Crippen LogP contribution in [0.2, 0.25) is 0 Å². The maximum Gasteiger partial charge on any atom is 0.0690 e. The van der Waals surface area contributed by atoms with E-state index in [-0.39, 0.29) is 6.10 Å². The first-order valence-electron chi connectivity index (χ1n) is 6.15. The lowest BCUT2D eigenvalue weighted by Gasteiger charge is -2.46. The highest BCUT2D eigenvalue weighted by atomic mass is 32.2. The number of hydrogen-bond acceptors (Lipinski definition) is 3. The van der Waals surface area contributed by atoms with Gasteiger partial charge in [0.1, 0.15) is 0 Å². The summed E-state index contributed by atoms with van der Waals surface area (Å²) in [6.07, 6.45) is 7.41. The second-order valence-electron chi connectivity index (χ2n) is 5.53. The van der Waals surface area contributed by atoms with Gasteiger partial charge in [0, 0.05) is 17.3 Å². The third-order valence-electron chi connectivity index (χ3n) is 4.83. The van der Waals surface area contributed by atoms with Crippen LogP contribution in [0, 0.1) is 11.8 Å². The van der Waals surface area contributed by atoms with Crippen LogP contribution < -0.4 is 0 Å². The fraction of sp³-hybridized carbons (Fsp3) is 1.00. The molecule has 0 bridgehead atoms. The van der Waals surface area contributed by atoms with Crippen LogP contribution in [0.15, 0.2) is 0 Å². The van der Waals surface area contributed by atoms with E-state index in [4.69, 9.17) is 0 Å². The smallest absolute Gasteiger partial charge is 0.0690 e. The zero-order valence-corrected chi connectivity index (χ0v) is 10.4. The molecule has 3 rings (SSSR count). The Kier molecular flexibility index (Phi) is 2.53. The summed E-state index contributed by atoms with van der Waals surface area (Å²) in [6.45, 7) is 0. The molecule has 3 aliphatic rings. The zero-order chi connectivity index (χ0) is 10.6. The van der Waals surface area contributed by atoms with Crippen LogP contribution in [0.1, 0.15) is 25.7 Å². The SMILES string of the molecule is CS[C@@H]1C[C@@H]2C(N(C)C3CC3)C[C@@H]2[C@H]1O. The van der Waals surface area contributed by atoms with Crippen LogP contribution in [0.25, 0.3) is 0 Å². The summed E-state index contributed by atoms with van der Waals surface area (Å²) in [7, 11) is 2.29. The average molecular weight is 227 g/mol. The Labute approximate surface area is 96.4 Å². The normalized spacial score (nSPS) is 49.2. The molecule has 3 heteroatoms. The molecular formula is C12H21NOS. The molecule has 5 atom stereocenters. The molecule has 0 radical (unpaired) electrons. The molecule has 0 aromatic rings. The van der Waals surface area contributed by atoms with Gasteiger partial charge in [0.05, 0.1) is 6.10 Å². The minimum absolute atomic E-state index is 0.0196. The van der Waals surface area contributed by atoms with Crippen LogP contribution in [0.3, 0.4) is 0 Å². The lowest BCUT2D eigenvalue weighted by atomic mass is 9.70. The van der Waals surface area contributed by atoms with E-state index in [1.165, 1.54) is 25.7 Å². The van der Waals surface area contributed by atoms with Crippen LogP contribution in [-0.4, -0.2) is 46.7 Å².